The monoisotopic (exact) mass is 1100 g/mol. The zero-order chi connectivity index (χ0) is 50.8. The van der Waals surface area contributed by atoms with Gasteiger partial charge in [-0.2, -0.15) is 0 Å². The summed E-state index contributed by atoms with van der Waals surface area (Å²) in [4.78, 5) is 0. The van der Waals surface area contributed by atoms with E-state index in [4.69, 9.17) is 0 Å². The number of aryl methyl sites for hydroxylation is 1. The van der Waals surface area contributed by atoms with Crippen molar-refractivity contribution in [3.63, 3.8) is 0 Å². The van der Waals surface area contributed by atoms with Gasteiger partial charge in [-0.15, -0.1) is 0 Å². The Morgan fingerprint density at radius 1 is 0.478 bits per heavy atom. The van der Waals surface area contributed by atoms with Gasteiger partial charge >= 0.3 is 0 Å². The van der Waals surface area contributed by atoms with Crippen molar-refractivity contribution in [2.24, 2.45) is 0 Å². The Morgan fingerprint density at radius 2 is 0.716 bits per heavy atom. The second-order valence-electron chi connectivity index (χ2n) is 19.2. The molecule has 0 amide bonds. The van der Waals surface area contributed by atoms with Crippen molar-refractivity contribution in [2.75, 3.05) is 84.6 Å². The quantitative estimate of drug-likeness (QED) is 0.148. The summed E-state index contributed by atoms with van der Waals surface area (Å²) in [5, 5.41) is 30.2. The summed E-state index contributed by atoms with van der Waals surface area (Å²) in [5.41, 5.74) is 6.73. The van der Waals surface area contributed by atoms with Crippen LogP contribution < -0.4 is 0 Å². The first-order valence-electron chi connectivity index (χ1n) is 22.2. The summed E-state index contributed by atoms with van der Waals surface area (Å²) in [6.45, 7) is 14.9. The van der Waals surface area contributed by atoms with Crippen LogP contribution in [0.25, 0.3) is 11.5 Å². The van der Waals surface area contributed by atoms with E-state index in [-0.39, 0.29) is 51.2 Å². The van der Waals surface area contributed by atoms with Crippen LogP contribution in [-0.4, -0.2) is 128 Å². The molecule has 0 aliphatic heterocycles. The predicted molar refractivity (Wildman–Crippen MR) is 285 cm³/mol. The van der Waals surface area contributed by atoms with Gasteiger partial charge in [-0.1, -0.05) is 169 Å². The van der Waals surface area contributed by atoms with E-state index in [0.717, 1.165) is 46.2 Å². The minimum atomic E-state index is -2.44. The summed E-state index contributed by atoms with van der Waals surface area (Å²) >= 11 is 0. The Labute approximate surface area is 439 Å². The van der Waals surface area contributed by atoms with Crippen molar-refractivity contribution in [1.82, 2.24) is 28.0 Å². The SMILES string of the molecule is CN(C)P(=O)(N(C)C)N(C)C.CN(C)P(=O)(N(C)C)N(C)C.Cc1cc(C(C)(C)C)c(O)c(C(C)(C)C)c1.OC(=C1C=CCC=C1)c1ccccc1.OC(=C1C=CCC=C1)c1ccccc1.[Sm]. The molecule has 14 heteroatoms. The van der Waals surface area contributed by atoms with Crippen LogP contribution in [0.3, 0.4) is 0 Å². The Balaban J connectivity index is 0.000000816. The van der Waals surface area contributed by atoms with Crippen molar-refractivity contribution >= 4 is 26.7 Å². The molecule has 3 aromatic rings. The average molecular weight is 1100 g/mol. The van der Waals surface area contributed by atoms with Crippen LogP contribution in [0.4, 0.5) is 0 Å². The number of benzene rings is 3. The largest absolute Gasteiger partial charge is 0.507 e. The first kappa shape index (κ1) is 64.1. The summed E-state index contributed by atoms with van der Waals surface area (Å²) in [6, 6.07) is 23.3. The molecule has 372 valence electrons. The minimum Gasteiger partial charge on any atom is -0.507 e. The molecule has 0 unspecified atom stereocenters. The van der Waals surface area contributed by atoms with Gasteiger partial charge in [-0.25, -0.2) is 28.0 Å². The molecule has 0 saturated heterocycles. The summed E-state index contributed by atoms with van der Waals surface area (Å²) in [5.74, 6) is 1.15. The third-order valence-electron chi connectivity index (χ3n) is 10.4. The van der Waals surface area contributed by atoms with Crippen LogP contribution in [0.15, 0.2) is 133 Å². The fourth-order valence-electron chi connectivity index (χ4n) is 6.96. The molecule has 11 nitrogen and oxygen atoms in total. The van der Waals surface area contributed by atoms with Gasteiger partial charge in [-0.05, 0) is 126 Å². The maximum Gasteiger partial charge on any atom is 0.285 e. The molecular formula is C53H84N6O5P2Sm. The van der Waals surface area contributed by atoms with E-state index >= 15 is 0 Å². The number of nitrogens with zero attached hydrogens (tertiary/aromatic N) is 6. The van der Waals surface area contributed by atoms with Crippen molar-refractivity contribution in [3.8, 4) is 5.75 Å². The van der Waals surface area contributed by atoms with Crippen LogP contribution >= 0.6 is 15.2 Å². The van der Waals surface area contributed by atoms with Gasteiger partial charge in [0.05, 0.1) is 0 Å². The number of allylic oxidation sites excluding steroid dienone is 10. The van der Waals surface area contributed by atoms with Crippen LogP contribution in [0.5, 0.6) is 5.75 Å². The van der Waals surface area contributed by atoms with Gasteiger partial charge in [0.25, 0.3) is 15.2 Å². The topological polar surface area (TPSA) is 114 Å². The number of aliphatic hydroxyl groups excluding tert-OH is 2. The van der Waals surface area contributed by atoms with E-state index in [1.807, 2.05) is 194 Å². The van der Waals surface area contributed by atoms with Crippen molar-refractivity contribution in [1.29, 1.82) is 0 Å². The van der Waals surface area contributed by atoms with E-state index in [0.29, 0.717) is 17.3 Å². The fourth-order valence-corrected chi connectivity index (χ4v) is 11.3. The molecule has 67 heavy (non-hydrogen) atoms. The second-order valence-corrected chi connectivity index (χ2v) is 26.1. The van der Waals surface area contributed by atoms with E-state index in [1.165, 1.54) is 5.56 Å². The van der Waals surface area contributed by atoms with E-state index in [2.05, 4.69) is 60.6 Å². The molecule has 2 aliphatic rings. The maximum atomic E-state index is 12.1. The number of aliphatic hydroxyl groups is 2. The number of phenols is 1. The van der Waals surface area contributed by atoms with E-state index in [9.17, 15) is 24.4 Å². The summed E-state index contributed by atoms with van der Waals surface area (Å²) in [7, 11) is 17.0. The van der Waals surface area contributed by atoms with Gasteiger partial charge in [0.15, 0.2) is 0 Å². The van der Waals surface area contributed by atoms with Gasteiger partial charge in [-0.3, -0.25) is 9.13 Å². The molecule has 0 atom stereocenters. The molecule has 5 rings (SSSR count). The Morgan fingerprint density at radius 3 is 0.910 bits per heavy atom. The van der Waals surface area contributed by atoms with E-state index in [1.54, 1.807) is 28.0 Å². The number of aromatic hydroxyl groups is 1. The molecule has 0 radical (unpaired) electrons. The molecule has 0 heterocycles. The van der Waals surface area contributed by atoms with Crippen LogP contribution in [0.1, 0.15) is 82.2 Å². The fraction of sp³-hybridized carbons (Fsp3) is 0.434. The molecule has 2 aliphatic carbocycles. The van der Waals surface area contributed by atoms with Crippen LogP contribution in [0, 0.1) is 47.3 Å². The second kappa shape index (κ2) is 29.3. The summed E-state index contributed by atoms with van der Waals surface area (Å²) < 4.78 is 34.6. The van der Waals surface area contributed by atoms with Crippen LogP contribution in [0.2, 0.25) is 0 Å². The zero-order valence-corrected chi connectivity index (χ0v) is 48.5. The number of hydrogen-bond acceptors (Lipinski definition) is 5. The van der Waals surface area contributed by atoms with E-state index < -0.39 is 15.2 Å². The number of phenolic OH excluding ortho intramolecular Hbond substituents is 1. The maximum absolute atomic E-state index is 12.1. The van der Waals surface area contributed by atoms with Gasteiger partial charge in [0, 0.05) is 62.7 Å². The number of rotatable bonds is 8. The Hall–Kier alpha value is -2.94. The molecule has 3 aromatic carbocycles. The zero-order valence-electron chi connectivity index (χ0n) is 44.1. The Kier molecular flexibility index (Phi) is 28.0. The average Bonchev–Trinajstić information content (AvgIpc) is 3.26. The molecular weight excluding hydrogens is 1010 g/mol. The number of hydrogen-bond donors (Lipinski definition) is 3. The van der Waals surface area contributed by atoms with Gasteiger partial charge in [0.2, 0.25) is 0 Å². The molecule has 3 N–H and O–H groups in total. The van der Waals surface area contributed by atoms with Crippen LogP contribution in [-0.2, 0) is 20.0 Å². The minimum absolute atomic E-state index is 0. The molecule has 0 saturated carbocycles. The molecule has 0 fully saturated rings. The van der Waals surface area contributed by atoms with Gasteiger partial charge < -0.3 is 15.3 Å². The first-order valence-corrected chi connectivity index (χ1v) is 25.3. The first-order chi connectivity index (χ1) is 30.4. The third-order valence-corrected chi connectivity index (χ3v) is 16.6. The van der Waals surface area contributed by atoms with Gasteiger partial charge in [0.1, 0.15) is 17.3 Å². The standard InChI is InChI=1S/C15H24O.2C13H12O.2C6H18N3OP.Sm/c1-10-8-11(14(2,3)4)13(16)12(9-10)15(5,6)7;2*14-13(11-7-3-1-4-8-11)12-9-5-2-6-10-12;2*1-7(2)11(10,8(3)4)9(5)6;/h8-9,16H,1-7H3;2*1,3-10,14H,2H2;2*1-6H3;. The van der Waals surface area contributed by atoms with Crippen molar-refractivity contribution in [3.05, 3.63) is 160 Å². The molecule has 0 bridgehead atoms. The predicted octanol–water partition coefficient (Wildman–Crippen LogP) is 12.8. The van der Waals surface area contributed by atoms with Crippen molar-refractivity contribution in [2.45, 2.75) is 72.1 Å². The normalized spacial score (nSPS) is 13.6. The molecule has 0 aromatic heterocycles. The third kappa shape index (κ3) is 19.8. The van der Waals surface area contributed by atoms with Crippen molar-refractivity contribution < 1.29 is 64.8 Å². The summed E-state index contributed by atoms with van der Waals surface area (Å²) in [6.07, 6.45) is 17.8. The molecule has 0 spiro atoms. The Bertz CT molecular complexity index is 2010. The smallest absolute Gasteiger partial charge is 0.285 e.